The fraction of sp³-hybridized carbons (Fsp3) is 0.414. The van der Waals surface area contributed by atoms with Crippen molar-refractivity contribution in [3.8, 4) is 5.69 Å². The number of amides is 3. The molecule has 0 aliphatic rings. The normalized spacial score (nSPS) is 11.3. The Balaban J connectivity index is 1.84. The van der Waals surface area contributed by atoms with Gasteiger partial charge < -0.3 is 15.5 Å². The van der Waals surface area contributed by atoms with Crippen molar-refractivity contribution in [2.75, 3.05) is 23.7 Å². The zero-order valence-electron chi connectivity index (χ0n) is 22.7. The lowest BCUT2D eigenvalue weighted by atomic mass is 9.92. The summed E-state index contributed by atoms with van der Waals surface area (Å²) in [6.45, 7) is 12.5. The predicted molar refractivity (Wildman–Crippen MR) is 147 cm³/mol. The molecule has 0 bridgehead atoms. The fourth-order valence-electron chi connectivity index (χ4n) is 3.98. The average molecular weight is 508 g/mol. The van der Waals surface area contributed by atoms with E-state index in [1.54, 1.807) is 16.8 Å². The molecule has 0 radical (unpaired) electrons. The number of aryl methyl sites for hydroxylation is 2. The first-order chi connectivity index (χ1) is 17.5. The molecule has 0 atom stereocenters. The maximum atomic E-state index is 14.1. The monoisotopic (exact) mass is 507 g/mol. The van der Waals surface area contributed by atoms with Crippen molar-refractivity contribution in [3.05, 3.63) is 71.2 Å². The highest BCUT2D eigenvalue weighted by Crippen LogP contribution is 2.28. The van der Waals surface area contributed by atoms with Crippen molar-refractivity contribution in [3.63, 3.8) is 0 Å². The lowest BCUT2D eigenvalue weighted by Crippen LogP contribution is -2.41. The Labute approximate surface area is 219 Å². The van der Waals surface area contributed by atoms with Crippen LogP contribution >= 0.6 is 0 Å². The smallest absolute Gasteiger partial charge is 0.315 e. The molecule has 1 heterocycles. The van der Waals surface area contributed by atoms with Crippen molar-refractivity contribution in [1.82, 2.24) is 14.7 Å². The van der Waals surface area contributed by atoms with E-state index in [2.05, 4.69) is 44.4 Å². The highest BCUT2D eigenvalue weighted by Gasteiger charge is 2.24. The summed E-state index contributed by atoms with van der Waals surface area (Å²) in [6, 6.07) is 13.4. The Morgan fingerprint density at radius 1 is 1.03 bits per heavy atom. The zero-order chi connectivity index (χ0) is 27.2. The summed E-state index contributed by atoms with van der Waals surface area (Å²) in [6.07, 6.45) is 2.63. The Kier molecular flexibility index (Phi) is 9.08. The Bertz CT molecular complexity index is 1250. The summed E-state index contributed by atoms with van der Waals surface area (Å²) in [5, 5.41) is 10.4. The molecule has 0 fully saturated rings. The largest absolute Gasteiger partial charge is 0.322 e. The van der Waals surface area contributed by atoms with Crippen LogP contribution in [-0.2, 0) is 10.2 Å². The first-order valence-electron chi connectivity index (χ1n) is 12.8. The minimum absolute atomic E-state index is 0.0798. The number of anilines is 2. The second kappa shape index (κ2) is 12.0. The van der Waals surface area contributed by atoms with E-state index in [4.69, 9.17) is 5.10 Å². The average Bonchev–Trinajstić information content (AvgIpc) is 3.24. The molecule has 0 spiro atoms. The quantitative estimate of drug-likeness (QED) is 0.321. The highest BCUT2D eigenvalue weighted by atomic mass is 19.1. The number of para-hydroxylation sites is 1. The molecular formula is C29H38FN5O2. The van der Waals surface area contributed by atoms with Gasteiger partial charge in [0.1, 0.15) is 18.2 Å². The summed E-state index contributed by atoms with van der Waals surface area (Å²) in [5.41, 5.74) is 3.72. The molecule has 0 aliphatic heterocycles. The number of carbonyl (C=O) groups is 2. The molecule has 3 aromatic rings. The van der Waals surface area contributed by atoms with E-state index in [1.807, 2.05) is 32.0 Å². The van der Waals surface area contributed by atoms with Gasteiger partial charge in [-0.25, -0.2) is 13.9 Å². The van der Waals surface area contributed by atoms with E-state index in [9.17, 15) is 14.0 Å². The van der Waals surface area contributed by atoms with E-state index in [0.717, 1.165) is 41.8 Å². The Morgan fingerprint density at radius 2 is 1.76 bits per heavy atom. The number of nitrogens with zero attached hydrogens (tertiary/aromatic N) is 3. The number of aromatic nitrogens is 2. The van der Waals surface area contributed by atoms with E-state index >= 15 is 0 Å². The molecule has 0 saturated heterocycles. The maximum Gasteiger partial charge on any atom is 0.322 e. The maximum absolute atomic E-state index is 14.1. The number of hydrogen-bond acceptors (Lipinski definition) is 3. The third-order valence-electron chi connectivity index (χ3n) is 6.09. The van der Waals surface area contributed by atoms with Gasteiger partial charge in [-0.3, -0.25) is 4.79 Å². The number of urea groups is 1. The molecule has 3 rings (SSSR count). The van der Waals surface area contributed by atoms with E-state index < -0.39 is 11.8 Å². The van der Waals surface area contributed by atoms with Gasteiger partial charge in [0.2, 0.25) is 5.91 Å². The molecule has 37 heavy (non-hydrogen) atoms. The van der Waals surface area contributed by atoms with Crippen LogP contribution in [0.1, 0.15) is 63.8 Å². The van der Waals surface area contributed by atoms with Crippen LogP contribution in [0.4, 0.5) is 20.7 Å². The Hall–Kier alpha value is -3.68. The molecule has 3 amide bonds. The number of benzene rings is 2. The number of halogens is 1. The topological polar surface area (TPSA) is 79.3 Å². The lowest BCUT2D eigenvalue weighted by Gasteiger charge is -2.23. The molecule has 0 unspecified atom stereocenters. The van der Waals surface area contributed by atoms with Gasteiger partial charge in [-0.05, 0) is 44.0 Å². The second-order valence-corrected chi connectivity index (χ2v) is 10.5. The molecule has 7 nitrogen and oxygen atoms in total. The van der Waals surface area contributed by atoms with Crippen LogP contribution in [0.25, 0.3) is 5.69 Å². The van der Waals surface area contributed by atoms with Crippen LogP contribution in [0.15, 0.2) is 48.5 Å². The molecule has 1 aromatic heterocycles. The summed E-state index contributed by atoms with van der Waals surface area (Å²) in [4.78, 5) is 27.6. The van der Waals surface area contributed by atoms with Crippen molar-refractivity contribution in [2.24, 2.45) is 0 Å². The van der Waals surface area contributed by atoms with E-state index in [-0.39, 0.29) is 23.6 Å². The third kappa shape index (κ3) is 7.41. The molecular weight excluding hydrogens is 469 g/mol. The molecule has 0 aliphatic carbocycles. The number of rotatable bonds is 9. The summed E-state index contributed by atoms with van der Waals surface area (Å²) >= 11 is 0. The summed E-state index contributed by atoms with van der Waals surface area (Å²) in [7, 11) is 0. The van der Waals surface area contributed by atoms with Crippen LogP contribution in [0.5, 0.6) is 0 Å². The van der Waals surface area contributed by atoms with Crippen LogP contribution in [0, 0.1) is 19.7 Å². The van der Waals surface area contributed by atoms with Gasteiger partial charge in [0, 0.05) is 18.0 Å². The van der Waals surface area contributed by atoms with Crippen molar-refractivity contribution in [2.45, 2.75) is 66.2 Å². The van der Waals surface area contributed by atoms with E-state index in [0.29, 0.717) is 12.4 Å². The molecule has 198 valence electrons. The van der Waals surface area contributed by atoms with Crippen LogP contribution in [-0.4, -0.2) is 39.7 Å². The summed E-state index contributed by atoms with van der Waals surface area (Å²) < 4.78 is 15.9. The first-order valence-corrected chi connectivity index (χ1v) is 12.8. The third-order valence-corrected chi connectivity index (χ3v) is 6.09. The van der Waals surface area contributed by atoms with Gasteiger partial charge in [-0.15, -0.1) is 0 Å². The number of nitrogens with one attached hydrogen (secondary N) is 2. The van der Waals surface area contributed by atoms with Gasteiger partial charge in [-0.1, -0.05) is 70.4 Å². The first kappa shape index (κ1) is 27.9. The molecule has 2 aromatic carbocycles. The highest BCUT2D eigenvalue weighted by molar-refractivity contribution is 5.96. The molecule has 2 N–H and O–H groups in total. The van der Waals surface area contributed by atoms with Crippen molar-refractivity contribution in [1.29, 1.82) is 0 Å². The van der Waals surface area contributed by atoms with Gasteiger partial charge in [0.05, 0.1) is 17.1 Å². The van der Waals surface area contributed by atoms with E-state index in [1.165, 1.54) is 17.0 Å². The van der Waals surface area contributed by atoms with Crippen LogP contribution < -0.4 is 10.6 Å². The standard InChI is InChI=1S/C29H38FN5O2/c1-7-8-11-16-34(28(37)31-23-13-10-9-12-22(23)30)19-27(36)32-26-18-25(29(4,5)6)33-35(26)24-15-14-20(2)17-21(24)3/h9-10,12-15,17-18H,7-8,11,16,19H2,1-6H3,(H,31,37)(H,32,36). The number of hydrogen-bond donors (Lipinski definition) is 2. The number of unbranched alkanes of at least 4 members (excludes halogenated alkanes) is 2. The molecule has 0 saturated carbocycles. The predicted octanol–water partition coefficient (Wildman–Crippen LogP) is 6.59. The van der Waals surface area contributed by atoms with Crippen molar-refractivity contribution < 1.29 is 14.0 Å². The number of carbonyl (C=O) groups excluding carboxylic acids is 2. The molecule has 8 heteroatoms. The minimum Gasteiger partial charge on any atom is -0.315 e. The van der Waals surface area contributed by atoms with Gasteiger partial charge in [0.15, 0.2) is 0 Å². The fourth-order valence-corrected chi connectivity index (χ4v) is 3.98. The van der Waals surface area contributed by atoms with Gasteiger partial charge in [-0.2, -0.15) is 5.10 Å². The van der Waals surface area contributed by atoms with Gasteiger partial charge in [0.25, 0.3) is 0 Å². The zero-order valence-corrected chi connectivity index (χ0v) is 22.7. The van der Waals surface area contributed by atoms with Crippen LogP contribution in [0.2, 0.25) is 0 Å². The lowest BCUT2D eigenvalue weighted by molar-refractivity contribution is -0.116. The van der Waals surface area contributed by atoms with Crippen LogP contribution in [0.3, 0.4) is 0 Å². The minimum atomic E-state index is -0.527. The SMILES string of the molecule is CCCCCN(CC(=O)Nc1cc(C(C)(C)C)nn1-c1ccc(C)cc1C)C(=O)Nc1ccccc1F. The Morgan fingerprint density at radius 3 is 2.41 bits per heavy atom. The van der Waals surface area contributed by atoms with Gasteiger partial charge >= 0.3 is 6.03 Å². The second-order valence-electron chi connectivity index (χ2n) is 10.5. The van der Waals surface area contributed by atoms with Crippen molar-refractivity contribution >= 4 is 23.4 Å². The summed E-state index contributed by atoms with van der Waals surface area (Å²) in [5.74, 6) is -0.350.